The predicted molar refractivity (Wildman–Crippen MR) is 127 cm³/mol. The van der Waals surface area contributed by atoms with Gasteiger partial charge in [-0.15, -0.1) is 11.3 Å². The Morgan fingerprint density at radius 3 is 2.38 bits per heavy atom. The highest BCUT2D eigenvalue weighted by Gasteiger charge is 2.18. The Kier molecular flexibility index (Phi) is 6.29. The lowest BCUT2D eigenvalue weighted by Gasteiger charge is -2.18. The molecule has 32 heavy (non-hydrogen) atoms. The molecule has 0 unspecified atom stereocenters. The third kappa shape index (κ3) is 4.85. The first-order valence-corrected chi connectivity index (χ1v) is 11.0. The minimum atomic E-state index is -0.0872. The molecule has 0 bridgehead atoms. The van der Waals surface area contributed by atoms with Crippen molar-refractivity contribution >= 4 is 28.1 Å². The molecule has 0 fully saturated rings. The third-order valence-electron chi connectivity index (χ3n) is 4.89. The molecular formula is C26H21N3O2S. The maximum absolute atomic E-state index is 12.3. The van der Waals surface area contributed by atoms with Crippen molar-refractivity contribution in [2.75, 3.05) is 4.90 Å². The summed E-state index contributed by atoms with van der Waals surface area (Å²) in [6.07, 6.45) is 0. The van der Waals surface area contributed by atoms with Gasteiger partial charge in [-0.05, 0) is 60.0 Å². The van der Waals surface area contributed by atoms with Crippen LogP contribution < -0.4 is 9.64 Å². The van der Waals surface area contributed by atoms with Crippen molar-refractivity contribution in [2.24, 2.45) is 0 Å². The second-order valence-corrected chi connectivity index (χ2v) is 8.15. The topological polar surface area (TPSA) is 66.2 Å². The highest BCUT2D eigenvalue weighted by atomic mass is 32.1. The quantitative estimate of drug-likeness (QED) is 0.356. The smallest absolute Gasteiger partial charge is 0.230 e. The minimum Gasteiger partial charge on any atom is -0.487 e. The number of hydrogen-bond acceptors (Lipinski definition) is 5. The average molecular weight is 440 g/mol. The van der Waals surface area contributed by atoms with Gasteiger partial charge in [0.05, 0.1) is 23.0 Å². The van der Waals surface area contributed by atoms with Crippen LogP contribution in [0.3, 0.4) is 0 Å². The first kappa shape index (κ1) is 21.3. The van der Waals surface area contributed by atoms with E-state index in [1.807, 2.05) is 73.0 Å². The fourth-order valence-corrected chi connectivity index (χ4v) is 4.17. The van der Waals surface area contributed by atoms with Crippen LogP contribution in [-0.4, -0.2) is 10.9 Å². The summed E-state index contributed by atoms with van der Waals surface area (Å²) in [6.45, 7) is 3.84. The number of rotatable bonds is 6. The number of hydrogen-bond donors (Lipinski definition) is 0. The highest BCUT2D eigenvalue weighted by Crippen LogP contribution is 2.30. The van der Waals surface area contributed by atoms with Gasteiger partial charge >= 0.3 is 0 Å². The van der Waals surface area contributed by atoms with E-state index in [2.05, 4.69) is 11.1 Å². The number of ether oxygens (including phenoxy) is 1. The van der Waals surface area contributed by atoms with Gasteiger partial charge in [0.1, 0.15) is 12.4 Å². The van der Waals surface area contributed by atoms with E-state index in [9.17, 15) is 4.79 Å². The number of amides is 1. The van der Waals surface area contributed by atoms with Gasteiger partial charge in [0, 0.05) is 12.3 Å². The van der Waals surface area contributed by atoms with E-state index in [4.69, 9.17) is 10.00 Å². The molecule has 5 nitrogen and oxygen atoms in total. The summed E-state index contributed by atoms with van der Waals surface area (Å²) in [7, 11) is 0. The minimum absolute atomic E-state index is 0.0872. The Balaban J connectivity index is 1.43. The van der Waals surface area contributed by atoms with Gasteiger partial charge in [0.15, 0.2) is 5.13 Å². The van der Waals surface area contributed by atoms with Gasteiger partial charge < -0.3 is 4.74 Å². The van der Waals surface area contributed by atoms with E-state index in [0.717, 1.165) is 33.8 Å². The van der Waals surface area contributed by atoms with Crippen molar-refractivity contribution in [2.45, 2.75) is 20.5 Å². The van der Waals surface area contributed by atoms with Gasteiger partial charge in [-0.25, -0.2) is 4.98 Å². The number of aromatic nitrogens is 1. The maximum Gasteiger partial charge on any atom is 0.230 e. The Morgan fingerprint density at radius 1 is 1.06 bits per heavy atom. The molecule has 0 radical (unpaired) electrons. The fourth-order valence-electron chi connectivity index (χ4n) is 3.30. The van der Waals surface area contributed by atoms with E-state index in [0.29, 0.717) is 17.3 Å². The Bertz CT molecular complexity index is 1270. The number of aryl methyl sites for hydroxylation is 1. The van der Waals surface area contributed by atoms with Crippen LogP contribution in [0.5, 0.6) is 5.75 Å². The summed E-state index contributed by atoms with van der Waals surface area (Å²) in [5, 5.41) is 11.5. The van der Waals surface area contributed by atoms with Crippen molar-refractivity contribution in [3.8, 4) is 22.9 Å². The summed E-state index contributed by atoms with van der Waals surface area (Å²) < 4.78 is 5.90. The van der Waals surface area contributed by atoms with Crippen molar-refractivity contribution in [1.82, 2.24) is 4.98 Å². The molecule has 0 N–H and O–H groups in total. The van der Waals surface area contributed by atoms with E-state index in [1.165, 1.54) is 18.3 Å². The molecule has 1 heterocycles. The average Bonchev–Trinajstić information content (AvgIpc) is 3.26. The first-order valence-electron chi connectivity index (χ1n) is 10.1. The number of benzene rings is 3. The fraction of sp³-hybridized carbons (Fsp3) is 0.115. The second-order valence-electron chi connectivity index (χ2n) is 7.32. The molecule has 0 atom stereocenters. The normalized spacial score (nSPS) is 10.4. The molecule has 6 heteroatoms. The summed E-state index contributed by atoms with van der Waals surface area (Å²) >= 11 is 1.42. The third-order valence-corrected chi connectivity index (χ3v) is 5.77. The monoisotopic (exact) mass is 439 g/mol. The molecule has 1 aromatic heterocycles. The molecule has 158 valence electrons. The Labute approximate surface area is 191 Å². The van der Waals surface area contributed by atoms with Gasteiger partial charge in [0.25, 0.3) is 0 Å². The molecule has 0 spiro atoms. The summed E-state index contributed by atoms with van der Waals surface area (Å²) in [5.74, 6) is 0.648. The van der Waals surface area contributed by atoms with Crippen molar-refractivity contribution in [1.29, 1.82) is 5.26 Å². The van der Waals surface area contributed by atoms with E-state index >= 15 is 0 Å². The Morgan fingerprint density at radius 2 is 1.75 bits per heavy atom. The molecule has 0 saturated carbocycles. The molecule has 3 aromatic carbocycles. The number of thiazole rings is 1. The van der Waals surface area contributed by atoms with Crippen molar-refractivity contribution in [3.63, 3.8) is 0 Å². The molecule has 0 aliphatic carbocycles. The lowest BCUT2D eigenvalue weighted by atomic mass is 10.0. The van der Waals surface area contributed by atoms with Crippen LogP contribution in [0, 0.1) is 18.3 Å². The molecular weight excluding hydrogens is 418 g/mol. The van der Waals surface area contributed by atoms with E-state index in [1.54, 1.807) is 17.0 Å². The molecule has 1 amide bonds. The van der Waals surface area contributed by atoms with E-state index in [-0.39, 0.29) is 5.91 Å². The van der Waals surface area contributed by atoms with Crippen LogP contribution in [0.2, 0.25) is 0 Å². The van der Waals surface area contributed by atoms with Gasteiger partial charge in [-0.3, -0.25) is 9.69 Å². The van der Waals surface area contributed by atoms with Crippen molar-refractivity contribution in [3.05, 3.63) is 95.0 Å². The number of carbonyl (C=O) groups excluding carboxylic acids is 1. The largest absolute Gasteiger partial charge is 0.487 e. The lowest BCUT2D eigenvalue weighted by Crippen LogP contribution is -2.22. The number of anilines is 2. The van der Waals surface area contributed by atoms with Crippen LogP contribution >= 0.6 is 11.3 Å². The van der Waals surface area contributed by atoms with Crippen LogP contribution in [0.4, 0.5) is 10.8 Å². The second kappa shape index (κ2) is 9.46. The zero-order valence-corrected chi connectivity index (χ0v) is 18.6. The van der Waals surface area contributed by atoms with Gasteiger partial charge in [0.2, 0.25) is 5.91 Å². The van der Waals surface area contributed by atoms with Gasteiger partial charge in [-0.2, -0.15) is 5.26 Å². The number of carbonyl (C=O) groups is 1. The van der Waals surface area contributed by atoms with Crippen LogP contribution in [0.15, 0.2) is 78.2 Å². The number of nitriles is 1. The Hall–Kier alpha value is -3.95. The van der Waals surface area contributed by atoms with Crippen LogP contribution in [0.1, 0.15) is 23.7 Å². The van der Waals surface area contributed by atoms with Crippen LogP contribution in [0.25, 0.3) is 11.1 Å². The standard InChI is InChI=1S/C26H21N3O2S/c1-18-4-3-5-24(14-18)29(19(2)30)26-28-23(17-32-26)16-31-25-12-10-22(11-13-25)21-8-6-20(15-27)7-9-21/h3-14,17H,16H2,1-2H3. The zero-order valence-electron chi connectivity index (χ0n) is 17.8. The predicted octanol–water partition coefficient (Wildman–Crippen LogP) is 6.25. The maximum atomic E-state index is 12.3. The lowest BCUT2D eigenvalue weighted by molar-refractivity contribution is -0.115. The summed E-state index contributed by atoms with van der Waals surface area (Å²) in [5.41, 5.74) is 5.38. The summed E-state index contributed by atoms with van der Waals surface area (Å²) in [4.78, 5) is 18.5. The van der Waals surface area contributed by atoms with E-state index < -0.39 is 0 Å². The van der Waals surface area contributed by atoms with Crippen LogP contribution in [-0.2, 0) is 11.4 Å². The first-order chi connectivity index (χ1) is 15.5. The van der Waals surface area contributed by atoms with Gasteiger partial charge in [-0.1, -0.05) is 36.4 Å². The number of nitrogens with zero attached hydrogens (tertiary/aromatic N) is 3. The molecule has 0 aliphatic heterocycles. The molecule has 0 saturated heterocycles. The molecule has 4 aromatic rings. The highest BCUT2D eigenvalue weighted by molar-refractivity contribution is 7.14. The summed E-state index contributed by atoms with van der Waals surface area (Å²) in [6, 6.07) is 25.2. The molecule has 4 rings (SSSR count). The zero-order chi connectivity index (χ0) is 22.5. The van der Waals surface area contributed by atoms with Crippen molar-refractivity contribution < 1.29 is 9.53 Å². The SMILES string of the molecule is CC(=O)N(c1cccc(C)c1)c1nc(COc2ccc(-c3ccc(C#N)cc3)cc2)cs1. The molecule has 0 aliphatic rings.